The van der Waals surface area contributed by atoms with Crippen molar-refractivity contribution in [2.75, 3.05) is 5.32 Å². The summed E-state index contributed by atoms with van der Waals surface area (Å²) in [5.74, 6) is 0.626. The van der Waals surface area contributed by atoms with E-state index < -0.39 is 0 Å². The average Bonchev–Trinajstić information content (AvgIpc) is 2.38. The predicted octanol–water partition coefficient (Wildman–Crippen LogP) is 3.77. The number of nitrogens with one attached hydrogen (secondary N) is 1. The van der Waals surface area contributed by atoms with E-state index in [1.165, 1.54) is 12.0 Å². The Kier molecular flexibility index (Phi) is 3.67. The van der Waals surface area contributed by atoms with Gasteiger partial charge in [0.1, 0.15) is 0 Å². The molecule has 1 aromatic rings. The molecule has 0 amide bonds. The van der Waals surface area contributed by atoms with E-state index in [1.54, 1.807) is 0 Å². The monoisotopic (exact) mass is 247 g/mol. The van der Waals surface area contributed by atoms with Gasteiger partial charge >= 0.3 is 0 Å². The molecule has 2 nitrogen and oxygen atoms in total. The van der Waals surface area contributed by atoms with E-state index in [-0.39, 0.29) is 11.5 Å². The van der Waals surface area contributed by atoms with Crippen LogP contribution in [0.15, 0.2) is 24.3 Å². The Labute approximate surface area is 110 Å². The van der Waals surface area contributed by atoms with Crippen LogP contribution in [-0.4, -0.2) is 17.3 Å². The Balaban J connectivity index is 1.99. The largest absolute Gasteiger partial charge is 0.392 e. The van der Waals surface area contributed by atoms with E-state index in [0.29, 0.717) is 12.0 Å². The van der Waals surface area contributed by atoms with Gasteiger partial charge in [0, 0.05) is 17.1 Å². The minimum Gasteiger partial charge on any atom is -0.392 e. The molecule has 2 heteroatoms. The lowest BCUT2D eigenvalue weighted by Crippen LogP contribution is -2.56. The highest BCUT2D eigenvalue weighted by molar-refractivity contribution is 5.47. The van der Waals surface area contributed by atoms with Crippen molar-refractivity contribution in [3.05, 3.63) is 29.8 Å². The van der Waals surface area contributed by atoms with E-state index in [4.69, 9.17) is 0 Å². The standard InChI is InChI=1S/C16H25NO/c1-5-11(2)12-6-8-13(9-7-12)17-14-10-15(18)16(14,3)4/h6-9,11,14-15,17-18H,5,10H2,1-4H3. The fourth-order valence-electron chi connectivity index (χ4n) is 2.49. The molecule has 0 heterocycles. The maximum Gasteiger partial charge on any atom is 0.0630 e. The molecule has 1 saturated carbocycles. The summed E-state index contributed by atoms with van der Waals surface area (Å²) in [6.07, 6.45) is 1.85. The molecule has 1 aromatic carbocycles. The Morgan fingerprint density at radius 3 is 2.39 bits per heavy atom. The van der Waals surface area contributed by atoms with Crippen LogP contribution in [0.3, 0.4) is 0 Å². The van der Waals surface area contributed by atoms with E-state index in [0.717, 1.165) is 12.1 Å². The summed E-state index contributed by atoms with van der Waals surface area (Å²) in [5.41, 5.74) is 2.54. The van der Waals surface area contributed by atoms with Gasteiger partial charge in [0.05, 0.1) is 6.10 Å². The number of aliphatic hydroxyl groups is 1. The van der Waals surface area contributed by atoms with Gasteiger partial charge < -0.3 is 10.4 Å². The van der Waals surface area contributed by atoms with Crippen LogP contribution < -0.4 is 5.32 Å². The SMILES string of the molecule is CCC(C)c1ccc(NC2CC(O)C2(C)C)cc1. The van der Waals surface area contributed by atoms with E-state index in [2.05, 4.69) is 57.3 Å². The van der Waals surface area contributed by atoms with Gasteiger partial charge in [-0.05, 0) is 36.5 Å². The fraction of sp³-hybridized carbons (Fsp3) is 0.625. The van der Waals surface area contributed by atoms with Crippen LogP contribution in [0.1, 0.15) is 52.0 Å². The third kappa shape index (κ3) is 2.39. The average molecular weight is 247 g/mol. The second-order valence-electron chi connectivity index (χ2n) is 6.20. The molecule has 2 rings (SSSR count). The first-order chi connectivity index (χ1) is 8.45. The maximum absolute atomic E-state index is 9.73. The fourth-order valence-corrected chi connectivity index (χ4v) is 2.49. The first-order valence-corrected chi connectivity index (χ1v) is 6.99. The molecule has 1 aliphatic rings. The Bertz CT molecular complexity index is 396. The van der Waals surface area contributed by atoms with Gasteiger partial charge in [-0.15, -0.1) is 0 Å². The summed E-state index contributed by atoms with van der Waals surface area (Å²) >= 11 is 0. The lowest BCUT2D eigenvalue weighted by atomic mass is 9.64. The zero-order valence-corrected chi connectivity index (χ0v) is 11.9. The van der Waals surface area contributed by atoms with E-state index in [9.17, 15) is 5.11 Å². The highest BCUT2D eigenvalue weighted by Gasteiger charge is 2.47. The molecule has 3 atom stereocenters. The van der Waals surface area contributed by atoms with Crippen molar-refractivity contribution < 1.29 is 5.11 Å². The summed E-state index contributed by atoms with van der Waals surface area (Å²) in [6.45, 7) is 8.71. The molecule has 0 spiro atoms. The summed E-state index contributed by atoms with van der Waals surface area (Å²) in [6, 6.07) is 9.10. The van der Waals surface area contributed by atoms with Crippen LogP contribution in [0.25, 0.3) is 0 Å². The van der Waals surface area contributed by atoms with Gasteiger partial charge in [-0.2, -0.15) is 0 Å². The number of hydrogen-bond acceptors (Lipinski definition) is 2. The van der Waals surface area contributed by atoms with Crippen LogP contribution in [0.2, 0.25) is 0 Å². The number of aliphatic hydroxyl groups excluding tert-OH is 1. The highest BCUT2D eigenvalue weighted by Crippen LogP contribution is 2.42. The molecule has 2 N–H and O–H groups in total. The van der Waals surface area contributed by atoms with E-state index in [1.807, 2.05) is 0 Å². The Morgan fingerprint density at radius 2 is 1.94 bits per heavy atom. The molecule has 0 saturated heterocycles. The smallest absolute Gasteiger partial charge is 0.0630 e. The van der Waals surface area contributed by atoms with Crippen molar-refractivity contribution in [2.24, 2.45) is 5.41 Å². The van der Waals surface area contributed by atoms with Crippen LogP contribution in [0.4, 0.5) is 5.69 Å². The van der Waals surface area contributed by atoms with Crippen molar-refractivity contribution in [2.45, 2.75) is 58.6 Å². The number of hydrogen-bond donors (Lipinski definition) is 2. The summed E-state index contributed by atoms with van der Waals surface area (Å²) in [5, 5.41) is 13.3. The van der Waals surface area contributed by atoms with E-state index >= 15 is 0 Å². The molecular weight excluding hydrogens is 222 g/mol. The maximum atomic E-state index is 9.73. The molecule has 0 aliphatic heterocycles. The van der Waals surface area contributed by atoms with Gasteiger partial charge in [-0.1, -0.05) is 39.8 Å². The minimum absolute atomic E-state index is 0.0185. The quantitative estimate of drug-likeness (QED) is 0.849. The molecule has 18 heavy (non-hydrogen) atoms. The van der Waals surface area contributed by atoms with Crippen molar-refractivity contribution in [1.29, 1.82) is 0 Å². The van der Waals surface area contributed by atoms with Crippen LogP contribution in [0.5, 0.6) is 0 Å². The molecule has 0 radical (unpaired) electrons. The lowest BCUT2D eigenvalue weighted by Gasteiger charge is -2.49. The van der Waals surface area contributed by atoms with Crippen LogP contribution >= 0.6 is 0 Å². The van der Waals surface area contributed by atoms with Gasteiger partial charge in [0.25, 0.3) is 0 Å². The Morgan fingerprint density at radius 1 is 1.33 bits per heavy atom. The number of rotatable bonds is 4. The van der Waals surface area contributed by atoms with Crippen LogP contribution in [-0.2, 0) is 0 Å². The van der Waals surface area contributed by atoms with Crippen molar-refractivity contribution in [1.82, 2.24) is 0 Å². The van der Waals surface area contributed by atoms with Gasteiger partial charge in [-0.3, -0.25) is 0 Å². The second kappa shape index (κ2) is 4.93. The van der Waals surface area contributed by atoms with Crippen molar-refractivity contribution >= 4 is 5.69 Å². The first-order valence-electron chi connectivity index (χ1n) is 6.99. The molecule has 100 valence electrons. The molecule has 0 bridgehead atoms. The van der Waals surface area contributed by atoms with Crippen molar-refractivity contribution in [3.63, 3.8) is 0 Å². The number of benzene rings is 1. The molecular formula is C16H25NO. The predicted molar refractivity (Wildman–Crippen MR) is 77.0 cm³/mol. The van der Waals surface area contributed by atoms with Crippen LogP contribution in [0, 0.1) is 5.41 Å². The van der Waals surface area contributed by atoms with Crippen molar-refractivity contribution in [3.8, 4) is 0 Å². The normalized spacial score (nSPS) is 27.4. The second-order valence-corrected chi connectivity index (χ2v) is 6.20. The summed E-state index contributed by atoms with van der Waals surface area (Å²) in [4.78, 5) is 0. The molecule has 1 fully saturated rings. The number of anilines is 1. The first kappa shape index (κ1) is 13.4. The molecule has 3 unspecified atom stereocenters. The summed E-state index contributed by atoms with van der Waals surface area (Å²) in [7, 11) is 0. The third-order valence-electron chi connectivity index (χ3n) is 4.65. The van der Waals surface area contributed by atoms with Gasteiger partial charge in [0.2, 0.25) is 0 Å². The highest BCUT2D eigenvalue weighted by atomic mass is 16.3. The minimum atomic E-state index is -0.172. The lowest BCUT2D eigenvalue weighted by molar-refractivity contribution is -0.0510. The molecule has 1 aliphatic carbocycles. The zero-order chi connectivity index (χ0) is 13.3. The zero-order valence-electron chi connectivity index (χ0n) is 11.9. The molecule has 0 aromatic heterocycles. The topological polar surface area (TPSA) is 32.3 Å². The Hall–Kier alpha value is -1.02. The van der Waals surface area contributed by atoms with Gasteiger partial charge in [-0.25, -0.2) is 0 Å². The third-order valence-corrected chi connectivity index (χ3v) is 4.65. The van der Waals surface area contributed by atoms with Gasteiger partial charge in [0.15, 0.2) is 0 Å². The summed E-state index contributed by atoms with van der Waals surface area (Å²) < 4.78 is 0.